The molecule has 0 saturated heterocycles. The van der Waals surface area contributed by atoms with Crippen LogP contribution in [0.15, 0.2) is 48.5 Å². The summed E-state index contributed by atoms with van der Waals surface area (Å²) in [5, 5.41) is 0. The normalized spacial score (nSPS) is 10.0. The molecule has 86 valence electrons. The number of rotatable bonds is 3. The van der Waals surface area contributed by atoms with Crippen LogP contribution >= 0.6 is 0 Å². The Morgan fingerprint density at radius 2 is 1.29 bits per heavy atom. The van der Waals surface area contributed by atoms with Gasteiger partial charge in [-0.1, -0.05) is 36.4 Å². The van der Waals surface area contributed by atoms with E-state index in [1.54, 1.807) is 0 Å². The molecular weight excluding hydrogens is 210 g/mol. The number of nitrogens with zero attached hydrogens (tertiary/aromatic N) is 1. The Kier molecular flexibility index (Phi) is 3.24. The second kappa shape index (κ2) is 4.83. The van der Waals surface area contributed by atoms with Gasteiger partial charge in [0.05, 0.1) is 0 Å². The van der Waals surface area contributed by atoms with Crippen LogP contribution in [-0.4, -0.2) is 20.4 Å². The van der Waals surface area contributed by atoms with Crippen molar-refractivity contribution in [2.75, 3.05) is 19.0 Å². The standard InChI is InChI=1S/C15H15NO/c1-16(2)15-9-7-14(8-10-15)13-5-3-12(11-17)4-6-13/h3-11H,1-2H3. The van der Waals surface area contributed by atoms with Crippen molar-refractivity contribution in [2.45, 2.75) is 0 Å². The van der Waals surface area contributed by atoms with Gasteiger partial charge in [-0.2, -0.15) is 0 Å². The van der Waals surface area contributed by atoms with E-state index >= 15 is 0 Å². The minimum absolute atomic E-state index is 0.707. The fourth-order valence-corrected chi connectivity index (χ4v) is 1.71. The van der Waals surface area contributed by atoms with Crippen molar-refractivity contribution >= 4 is 12.0 Å². The van der Waals surface area contributed by atoms with Crippen molar-refractivity contribution in [3.05, 3.63) is 54.1 Å². The Morgan fingerprint density at radius 1 is 0.824 bits per heavy atom. The minimum Gasteiger partial charge on any atom is -0.378 e. The number of carbonyl (C=O) groups excluding carboxylic acids is 1. The van der Waals surface area contributed by atoms with Gasteiger partial charge in [0.25, 0.3) is 0 Å². The summed E-state index contributed by atoms with van der Waals surface area (Å²) in [4.78, 5) is 12.6. The molecule has 0 unspecified atom stereocenters. The predicted octanol–water partition coefficient (Wildman–Crippen LogP) is 3.23. The highest BCUT2D eigenvalue weighted by Gasteiger charge is 1.99. The van der Waals surface area contributed by atoms with Gasteiger partial charge in [0.2, 0.25) is 0 Å². The van der Waals surface area contributed by atoms with Crippen molar-refractivity contribution in [2.24, 2.45) is 0 Å². The summed E-state index contributed by atoms with van der Waals surface area (Å²) < 4.78 is 0. The van der Waals surface area contributed by atoms with E-state index in [4.69, 9.17) is 0 Å². The summed E-state index contributed by atoms with van der Waals surface area (Å²) >= 11 is 0. The van der Waals surface area contributed by atoms with Crippen molar-refractivity contribution < 1.29 is 4.79 Å². The van der Waals surface area contributed by atoms with Gasteiger partial charge in [-0.05, 0) is 23.3 Å². The molecule has 2 aromatic carbocycles. The fourth-order valence-electron chi connectivity index (χ4n) is 1.71. The van der Waals surface area contributed by atoms with E-state index in [1.807, 2.05) is 38.4 Å². The molecule has 2 nitrogen and oxygen atoms in total. The molecule has 17 heavy (non-hydrogen) atoms. The Balaban J connectivity index is 2.29. The van der Waals surface area contributed by atoms with E-state index in [-0.39, 0.29) is 0 Å². The van der Waals surface area contributed by atoms with Gasteiger partial charge in [-0.3, -0.25) is 4.79 Å². The van der Waals surface area contributed by atoms with Crippen LogP contribution in [0.5, 0.6) is 0 Å². The Labute approximate surface area is 102 Å². The maximum atomic E-state index is 10.6. The highest BCUT2D eigenvalue weighted by molar-refractivity contribution is 5.77. The van der Waals surface area contributed by atoms with Crippen LogP contribution in [0.2, 0.25) is 0 Å². The lowest BCUT2D eigenvalue weighted by Gasteiger charge is -2.12. The molecule has 0 amide bonds. The zero-order chi connectivity index (χ0) is 12.3. The summed E-state index contributed by atoms with van der Waals surface area (Å²) in [6, 6.07) is 16.0. The predicted molar refractivity (Wildman–Crippen MR) is 71.6 cm³/mol. The summed E-state index contributed by atoms with van der Waals surface area (Å²) in [7, 11) is 4.04. The van der Waals surface area contributed by atoms with Crippen molar-refractivity contribution in [3.8, 4) is 11.1 Å². The van der Waals surface area contributed by atoms with Gasteiger partial charge in [0.1, 0.15) is 6.29 Å². The quantitative estimate of drug-likeness (QED) is 0.747. The van der Waals surface area contributed by atoms with Crippen molar-refractivity contribution in [1.82, 2.24) is 0 Å². The molecule has 0 aliphatic rings. The molecule has 0 aliphatic carbocycles. The summed E-state index contributed by atoms with van der Waals surface area (Å²) in [5.74, 6) is 0. The first kappa shape index (κ1) is 11.4. The number of aldehydes is 1. The largest absolute Gasteiger partial charge is 0.378 e. The second-order valence-corrected chi connectivity index (χ2v) is 4.18. The Hall–Kier alpha value is -2.09. The molecule has 2 aromatic rings. The third-order valence-electron chi connectivity index (χ3n) is 2.76. The molecule has 0 aliphatic heterocycles. The molecule has 2 rings (SSSR count). The van der Waals surface area contributed by atoms with Gasteiger partial charge >= 0.3 is 0 Å². The highest BCUT2D eigenvalue weighted by atomic mass is 16.1. The number of carbonyl (C=O) groups is 1. The maximum Gasteiger partial charge on any atom is 0.150 e. The number of hydrogen-bond acceptors (Lipinski definition) is 2. The average Bonchev–Trinajstić information content (AvgIpc) is 2.39. The van der Waals surface area contributed by atoms with Crippen molar-refractivity contribution in [3.63, 3.8) is 0 Å². The number of hydrogen-bond donors (Lipinski definition) is 0. The SMILES string of the molecule is CN(C)c1ccc(-c2ccc(C=O)cc2)cc1. The first-order chi connectivity index (χ1) is 8.20. The van der Waals surface area contributed by atoms with E-state index < -0.39 is 0 Å². The Bertz CT molecular complexity index is 497. The lowest BCUT2D eigenvalue weighted by atomic mass is 10.0. The molecular formula is C15H15NO. The molecule has 0 saturated carbocycles. The van der Waals surface area contributed by atoms with Gasteiger partial charge in [-0.25, -0.2) is 0 Å². The first-order valence-electron chi connectivity index (χ1n) is 5.54. The maximum absolute atomic E-state index is 10.6. The molecule has 0 heterocycles. The van der Waals surface area contributed by atoms with Crippen LogP contribution in [0.25, 0.3) is 11.1 Å². The zero-order valence-corrected chi connectivity index (χ0v) is 10.1. The molecule has 0 atom stereocenters. The van der Waals surface area contributed by atoms with Crippen LogP contribution in [0, 0.1) is 0 Å². The average molecular weight is 225 g/mol. The molecule has 0 fully saturated rings. The van der Waals surface area contributed by atoms with Crippen LogP contribution in [-0.2, 0) is 0 Å². The summed E-state index contributed by atoms with van der Waals surface area (Å²) in [6.07, 6.45) is 0.860. The highest BCUT2D eigenvalue weighted by Crippen LogP contribution is 2.22. The monoisotopic (exact) mass is 225 g/mol. The number of benzene rings is 2. The third-order valence-corrected chi connectivity index (χ3v) is 2.76. The topological polar surface area (TPSA) is 20.3 Å². The van der Waals surface area contributed by atoms with E-state index in [0.29, 0.717) is 5.56 Å². The molecule has 0 aromatic heterocycles. The second-order valence-electron chi connectivity index (χ2n) is 4.18. The van der Waals surface area contributed by atoms with Crippen LogP contribution < -0.4 is 4.90 Å². The zero-order valence-electron chi connectivity index (χ0n) is 10.1. The minimum atomic E-state index is 0.707. The van der Waals surface area contributed by atoms with Gasteiger partial charge in [-0.15, -0.1) is 0 Å². The van der Waals surface area contributed by atoms with E-state index in [1.165, 1.54) is 5.69 Å². The first-order valence-corrected chi connectivity index (χ1v) is 5.54. The van der Waals surface area contributed by atoms with Crippen LogP contribution in [0.4, 0.5) is 5.69 Å². The van der Waals surface area contributed by atoms with Gasteiger partial charge in [0.15, 0.2) is 0 Å². The summed E-state index contributed by atoms with van der Waals surface area (Å²) in [6.45, 7) is 0. The van der Waals surface area contributed by atoms with Crippen LogP contribution in [0.3, 0.4) is 0 Å². The van der Waals surface area contributed by atoms with E-state index in [0.717, 1.165) is 17.4 Å². The summed E-state index contributed by atoms with van der Waals surface area (Å²) in [5.41, 5.74) is 4.17. The fraction of sp³-hybridized carbons (Fsp3) is 0.133. The molecule has 0 bridgehead atoms. The van der Waals surface area contributed by atoms with Crippen LogP contribution in [0.1, 0.15) is 10.4 Å². The smallest absolute Gasteiger partial charge is 0.150 e. The molecule has 0 N–H and O–H groups in total. The Morgan fingerprint density at radius 3 is 1.71 bits per heavy atom. The van der Waals surface area contributed by atoms with Gasteiger partial charge in [0, 0.05) is 25.3 Å². The van der Waals surface area contributed by atoms with Gasteiger partial charge < -0.3 is 4.90 Å². The van der Waals surface area contributed by atoms with E-state index in [9.17, 15) is 4.79 Å². The number of anilines is 1. The lowest BCUT2D eigenvalue weighted by Crippen LogP contribution is -2.07. The van der Waals surface area contributed by atoms with Crippen molar-refractivity contribution in [1.29, 1.82) is 0 Å². The lowest BCUT2D eigenvalue weighted by molar-refractivity contribution is 0.112. The molecule has 0 radical (unpaired) electrons. The molecule has 2 heteroatoms. The van der Waals surface area contributed by atoms with E-state index in [2.05, 4.69) is 29.2 Å². The molecule has 0 spiro atoms. The third kappa shape index (κ3) is 2.53.